The summed E-state index contributed by atoms with van der Waals surface area (Å²) >= 11 is 1.35. The Bertz CT molecular complexity index is 560. The zero-order chi connectivity index (χ0) is 12.3. The molecule has 0 aliphatic heterocycles. The number of pyridine rings is 1. The van der Waals surface area contributed by atoms with Crippen molar-refractivity contribution >= 4 is 17.7 Å². The summed E-state index contributed by atoms with van der Waals surface area (Å²) in [6.07, 6.45) is 1.59. The molecule has 1 heterocycles. The van der Waals surface area contributed by atoms with Gasteiger partial charge >= 0.3 is 5.97 Å². The Balaban J connectivity index is 0.00000162. The molecule has 1 aromatic heterocycles. The second-order valence-corrected chi connectivity index (χ2v) is 4.49. The van der Waals surface area contributed by atoms with Crippen LogP contribution in [0.1, 0.15) is 15.9 Å². The second-order valence-electron chi connectivity index (χ2n) is 3.45. The maximum absolute atomic E-state index is 11.0. The van der Waals surface area contributed by atoms with Gasteiger partial charge in [0.25, 0.3) is 0 Å². The fraction of sp³-hybridized carbons (Fsp3) is 0.0769. The molecule has 2 rings (SSSR count). The van der Waals surface area contributed by atoms with Crippen molar-refractivity contribution in [2.75, 3.05) is 0 Å². The van der Waals surface area contributed by atoms with Crippen molar-refractivity contribution in [2.24, 2.45) is 0 Å². The number of hydrogen-bond donors (Lipinski definition) is 1. The van der Waals surface area contributed by atoms with E-state index >= 15 is 0 Å². The summed E-state index contributed by atoms with van der Waals surface area (Å²) in [6.45, 7) is 1.97. The van der Waals surface area contributed by atoms with Crippen molar-refractivity contribution in [3.63, 3.8) is 0 Å². The van der Waals surface area contributed by atoms with Gasteiger partial charge < -0.3 is 5.11 Å². The quantitative estimate of drug-likeness (QED) is 0.684. The van der Waals surface area contributed by atoms with Crippen molar-refractivity contribution < 1.29 is 41.0 Å². The number of carbonyl (C=O) groups is 1. The predicted molar refractivity (Wildman–Crippen MR) is 65.3 cm³/mol. The Morgan fingerprint density at radius 3 is 2.89 bits per heavy atom. The summed E-state index contributed by atoms with van der Waals surface area (Å²) in [5.41, 5.74) is 1.30. The summed E-state index contributed by atoms with van der Waals surface area (Å²) in [6, 6.07) is 11.8. The van der Waals surface area contributed by atoms with E-state index in [0.29, 0.717) is 5.03 Å². The summed E-state index contributed by atoms with van der Waals surface area (Å²) in [5.74, 6) is -0.960. The first-order valence-corrected chi connectivity index (χ1v) is 5.83. The average Bonchev–Trinajstić information content (AvgIpc) is 2.32. The summed E-state index contributed by atoms with van der Waals surface area (Å²) in [5, 5.41) is 9.55. The fourth-order valence-corrected chi connectivity index (χ4v) is 2.29. The molecule has 0 saturated heterocycles. The Morgan fingerprint density at radius 2 is 2.22 bits per heavy atom. The van der Waals surface area contributed by atoms with Crippen molar-refractivity contribution in [3.05, 3.63) is 53.7 Å². The van der Waals surface area contributed by atoms with E-state index in [9.17, 15) is 4.79 Å². The average molecular weight is 482 g/mol. The first-order valence-electron chi connectivity index (χ1n) is 5.01. The van der Waals surface area contributed by atoms with Crippen LogP contribution in [0.2, 0.25) is 0 Å². The van der Waals surface area contributed by atoms with Gasteiger partial charge in [-0.15, -0.1) is 17.3 Å². The minimum Gasteiger partial charge on any atom is -0.478 e. The molecule has 0 radical (unpaired) electrons. The van der Waals surface area contributed by atoms with E-state index in [1.807, 2.05) is 25.1 Å². The molecule has 1 N–H and O–H groups in total. The summed E-state index contributed by atoms with van der Waals surface area (Å²) in [4.78, 5) is 16.1. The van der Waals surface area contributed by atoms with Gasteiger partial charge in [0.15, 0.2) is 0 Å². The number of hydrogen-bond acceptors (Lipinski definition) is 3. The molecule has 1 aromatic carbocycles. The Hall–Kier alpha value is -0.758. The third-order valence-corrected chi connectivity index (χ3v) is 3.42. The minimum absolute atomic E-state index is 0. The molecule has 0 unspecified atom stereocenters. The Kier molecular flexibility index (Phi) is 5.94. The predicted octanol–water partition coefficient (Wildman–Crippen LogP) is 3.04. The monoisotopic (exact) mass is 482 g/mol. The van der Waals surface area contributed by atoms with Crippen molar-refractivity contribution in [1.29, 1.82) is 0 Å². The topological polar surface area (TPSA) is 50.2 Å². The van der Waals surface area contributed by atoms with Crippen LogP contribution in [-0.2, 0) is 0 Å². The summed E-state index contributed by atoms with van der Waals surface area (Å²) in [7, 11) is 0. The van der Waals surface area contributed by atoms with Gasteiger partial charge in [-0.3, -0.25) is 0 Å². The van der Waals surface area contributed by atoms with Crippen molar-refractivity contribution in [2.45, 2.75) is 16.8 Å². The molecule has 0 saturated carbocycles. The van der Waals surface area contributed by atoms with Crippen LogP contribution in [0.4, 0.5) is 0 Å². The molecule has 0 spiro atoms. The molecular weight excluding hydrogens is 472 g/mol. The maximum Gasteiger partial charge on any atom is 0.338 e. The van der Waals surface area contributed by atoms with E-state index < -0.39 is 5.97 Å². The number of carboxylic acid groups (broad SMARTS) is 1. The normalized spacial score (nSPS) is 9.61. The van der Waals surface area contributed by atoms with Crippen LogP contribution in [0.25, 0.3) is 0 Å². The van der Waals surface area contributed by atoms with E-state index in [-0.39, 0.29) is 36.7 Å². The molecule has 0 bridgehead atoms. The second kappa shape index (κ2) is 6.99. The number of nitrogens with zero attached hydrogens (tertiary/aromatic N) is 1. The van der Waals surface area contributed by atoms with Crippen LogP contribution in [-0.4, -0.2) is 16.1 Å². The first kappa shape index (κ1) is 15.3. The van der Waals surface area contributed by atoms with E-state index in [1.165, 1.54) is 11.8 Å². The number of benzene rings is 1. The van der Waals surface area contributed by atoms with Crippen LogP contribution in [0.3, 0.4) is 0 Å². The van der Waals surface area contributed by atoms with E-state index in [4.69, 9.17) is 5.11 Å². The largest absolute Gasteiger partial charge is 0.478 e. The van der Waals surface area contributed by atoms with Gasteiger partial charge in [-0.1, -0.05) is 11.8 Å². The smallest absolute Gasteiger partial charge is 0.338 e. The van der Waals surface area contributed by atoms with Crippen LogP contribution >= 0.6 is 11.8 Å². The van der Waals surface area contributed by atoms with Crippen molar-refractivity contribution in [3.8, 4) is 0 Å². The molecule has 2 aromatic rings. The number of rotatable bonds is 3. The number of aromatic nitrogens is 1. The molecule has 90 valence electrons. The Labute approximate surface area is 133 Å². The van der Waals surface area contributed by atoms with E-state index in [2.05, 4.69) is 11.1 Å². The first-order chi connectivity index (χ1) is 8.18. The fourth-order valence-electron chi connectivity index (χ4n) is 1.34. The van der Waals surface area contributed by atoms with Gasteiger partial charge in [0.05, 0.1) is 5.56 Å². The zero-order valence-electron chi connectivity index (χ0n) is 9.68. The molecule has 18 heavy (non-hydrogen) atoms. The van der Waals surface area contributed by atoms with Crippen LogP contribution < -0.4 is 0 Å². The zero-order valence-corrected chi connectivity index (χ0v) is 14.7. The van der Waals surface area contributed by atoms with Gasteiger partial charge in [-0.25, -0.2) is 9.78 Å². The van der Waals surface area contributed by atoms with Crippen LogP contribution in [0.15, 0.2) is 46.5 Å². The molecule has 0 aliphatic carbocycles. The van der Waals surface area contributed by atoms with E-state index in [1.54, 1.807) is 18.3 Å². The van der Waals surface area contributed by atoms with Crippen LogP contribution in [0.5, 0.6) is 0 Å². The molecule has 5 heteroatoms. The third-order valence-electron chi connectivity index (χ3n) is 2.24. The van der Waals surface area contributed by atoms with E-state index in [0.717, 1.165) is 10.5 Å². The number of aryl methyl sites for hydroxylation is 1. The van der Waals surface area contributed by atoms with Crippen molar-refractivity contribution in [1.82, 2.24) is 4.98 Å². The Morgan fingerprint density at radius 1 is 1.44 bits per heavy atom. The molecule has 0 atom stereocenters. The SMILES string of the molecule is Cc1cc[c-]cc1Sc1ncccc1C(=O)O.[U]. The number of carboxylic acids is 1. The molecule has 3 nitrogen and oxygen atoms in total. The number of aromatic carboxylic acids is 1. The molecule has 0 aliphatic rings. The third kappa shape index (κ3) is 3.62. The summed E-state index contributed by atoms with van der Waals surface area (Å²) < 4.78 is 0. The molecular formula is C13H10NO2SU-. The molecule has 0 amide bonds. The van der Waals surface area contributed by atoms with Gasteiger partial charge in [0, 0.05) is 37.3 Å². The molecule has 0 fully saturated rings. The van der Waals surface area contributed by atoms with Crippen LogP contribution in [0, 0.1) is 44.1 Å². The standard InChI is InChI=1S/C13H10NO2S.U/c1-9-5-2-3-7-11(9)17-12-10(13(15)16)6-4-8-14-12;/h2,4-8H,1H3,(H,15,16);/q-1;. The maximum atomic E-state index is 11.0. The van der Waals surface area contributed by atoms with Gasteiger partial charge in [-0.05, 0) is 12.1 Å². The minimum atomic E-state index is -0.960. The van der Waals surface area contributed by atoms with Gasteiger partial charge in [0.2, 0.25) is 0 Å². The van der Waals surface area contributed by atoms with Gasteiger partial charge in [-0.2, -0.15) is 24.3 Å². The van der Waals surface area contributed by atoms with Gasteiger partial charge in [0.1, 0.15) is 5.03 Å².